The Morgan fingerprint density at radius 1 is 0.897 bits per heavy atom. The van der Waals surface area contributed by atoms with Crippen molar-refractivity contribution >= 4 is 0 Å². The first-order valence-corrected chi connectivity index (χ1v) is 12.1. The van der Waals surface area contributed by atoms with Crippen LogP contribution in [-0.4, -0.2) is 59.6 Å². The normalized spacial score (nSPS) is 23.2. The fraction of sp³-hybridized carbons (Fsp3) is 0.917. The summed E-state index contributed by atoms with van der Waals surface area (Å²) in [5.41, 5.74) is 0. The molecule has 0 aromatic heterocycles. The van der Waals surface area contributed by atoms with Gasteiger partial charge in [0.25, 0.3) is 0 Å². The molecule has 1 rings (SSSR count). The van der Waals surface area contributed by atoms with Gasteiger partial charge in [0.05, 0.1) is 13.2 Å². The zero-order chi connectivity index (χ0) is 21.2. The van der Waals surface area contributed by atoms with E-state index >= 15 is 0 Å². The Balaban J connectivity index is 1.81. The van der Waals surface area contributed by atoms with Crippen LogP contribution in [0.3, 0.4) is 0 Å². The summed E-state index contributed by atoms with van der Waals surface area (Å²) in [6, 6.07) is 0. The standard InChI is InChI=1S/C24H46O5/c1-2-3-4-5-6-7-8-9-10-11-12-13-14-15-16-17-18-28-22-20-29-24(23(22)27)21(26)19-25/h4-5,21-27H,2-3,6-20H2,1H3/b5-4+/t21-,22+,23+,24+/m1/s1. The molecule has 0 saturated carbocycles. The van der Waals surface area contributed by atoms with Crippen molar-refractivity contribution in [2.75, 3.05) is 19.8 Å². The fourth-order valence-corrected chi connectivity index (χ4v) is 3.80. The van der Waals surface area contributed by atoms with Gasteiger partial charge in [0, 0.05) is 6.61 Å². The summed E-state index contributed by atoms with van der Waals surface area (Å²) < 4.78 is 11.0. The van der Waals surface area contributed by atoms with Crippen LogP contribution in [0.4, 0.5) is 0 Å². The van der Waals surface area contributed by atoms with Crippen LogP contribution in [0, 0.1) is 0 Å². The SMILES string of the molecule is CCC/C=C/CCCCCCCCCCCCCO[C@H]1CO[C@@H]([C@H](O)CO)[C@H]1O. The van der Waals surface area contributed by atoms with Gasteiger partial charge >= 0.3 is 0 Å². The summed E-state index contributed by atoms with van der Waals surface area (Å²) in [6.45, 7) is 2.70. The zero-order valence-corrected chi connectivity index (χ0v) is 18.6. The molecule has 0 radical (unpaired) electrons. The average molecular weight is 415 g/mol. The lowest BCUT2D eigenvalue weighted by Gasteiger charge is -2.20. The van der Waals surface area contributed by atoms with Gasteiger partial charge in [-0.2, -0.15) is 0 Å². The molecule has 0 aliphatic carbocycles. The van der Waals surface area contributed by atoms with Crippen molar-refractivity contribution in [2.45, 2.75) is 121 Å². The topological polar surface area (TPSA) is 79.2 Å². The molecule has 0 bridgehead atoms. The smallest absolute Gasteiger partial charge is 0.114 e. The van der Waals surface area contributed by atoms with Crippen molar-refractivity contribution in [3.05, 3.63) is 12.2 Å². The van der Waals surface area contributed by atoms with Gasteiger partial charge in [0.15, 0.2) is 0 Å². The minimum absolute atomic E-state index is 0.276. The number of ether oxygens (including phenoxy) is 2. The second-order valence-electron chi connectivity index (χ2n) is 8.39. The first-order valence-electron chi connectivity index (χ1n) is 12.1. The molecular weight excluding hydrogens is 368 g/mol. The predicted octanol–water partition coefficient (Wildman–Crippen LogP) is 4.52. The van der Waals surface area contributed by atoms with Crippen molar-refractivity contribution in [1.29, 1.82) is 0 Å². The van der Waals surface area contributed by atoms with Crippen molar-refractivity contribution in [3.8, 4) is 0 Å². The van der Waals surface area contributed by atoms with Crippen molar-refractivity contribution in [1.82, 2.24) is 0 Å². The summed E-state index contributed by atoms with van der Waals surface area (Å²) in [5, 5.41) is 28.6. The molecule has 0 aromatic carbocycles. The largest absolute Gasteiger partial charge is 0.394 e. The fourth-order valence-electron chi connectivity index (χ4n) is 3.80. The third-order valence-electron chi connectivity index (χ3n) is 5.71. The maximum absolute atomic E-state index is 10.1. The molecule has 1 aliphatic rings. The Kier molecular flexibility index (Phi) is 16.8. The van der Waals surface area contributed by atoms with E-state index in [1.54, 1.807) is 0 Å². The van der Waals surface area contributed by atoms with Crippen molar-refractivity contribution in [2.24, 2.45) is 0 Å². The lowest BCUT2D eigenvalue weighted by atomic mass is 10.0. The van der Waals surface area contributed by atoms with E-state index in [2.05, 4.69) is 19.1 Å². The van der Waals surface area contributed by atoms with E-state index in [9.17, 15) is 10.2 Å². The van der Waals surface area contributed by atoms with Crippen LogP contribution >= 0.6 is 0 Å². The number of allylic oxidation sites excluding steroid dienone is 2. The molecule has 5 heteroatoms. The van der Waals surface area contributed by atoms with Crippen LogP contribution in [0.15, 0.2) is 12.2 Å². The third kappa shape index (κ3) is 12.7. The Bertz CT molecular complexity index is 387. The predicted molar refractivity (Wildman–Crippen MR) is 118 cm³/mol. The van der Waals surface area contributed by atoms with E-state index in [1.165, 1.54) is 77.0 Å². The van der Waals surface area contributed by atoms with Crippen molar-refractivity contribution < 1.29 is 24.8 Å². The molecule has 0 spiro atoms. The van der Waals surface area contributed by atoms with Gasteiger partial charge in [-0.3, -0.25) is 0 Å². The molecule has 1 saturated heterocycles. The van der Waals surface area contributed by atoms with Gasteiger partial charge < -0.3 is 24.8 Å². The van der Waals surface area contributed by atoms with Gasteiger partial charge in [-0.05, 0) is 25.7 Å². The zero-order valence-electron chi connectivity index (χ0n) is 18.6. The van der Waals surface area contributed by atoms with Crippen LogP contribution < -0.4 is 0 Å². The lowest BCUT2D eigenvalue weighted by molar-refractivity contribution is -0.0730. The highest BCUT2D eigenvalue weighted by atomic mass is 16.6. The molecule has 3 N–H and O–H groups in total. The minimum Gasteiger partial charge on any atom is -0.394 e. The third-order valence-corrected chi connectivity index (χ3v) is 5.71. The van der Waals surface area contributed by atoms with E-state index in [4.69, 9.17) is 14.6 Å². The van der Waals surface area contributed by atoms with Gasteiger partial charge in [-0.1, -0.05) is 83.3 Å². The quantitative estimate of drug-likeness (QED) is 0.214. The molecule has 5 nitrogen and oxygen atoms in total. The number of hydrogen-bond acceptors (Lipinski definition) is 5. The van der Waals surface area contributed by atoms with E-state index in [0.717, 1.165) is 12.8 Å². The number of unbranched alkanes of at least 4 members (excludes halogenated alkanes) is 12. The molecular formula is C24H46O5. The lowest BCUT2D eigenvalue weighted by Crippen LogP contribution is -2.41. The number of rotatable bonds is 19. The summed E-state index contributed by atoms with van der Waals surface area (Å²) >= 11 is 0. The molecule has 1 fully saturated rings. The second-order valence-corrected chi connectivity index (χ2v) is 8.39. The van der Waals surface area contributed by atoms with E-state index < -0.39 is 31.0 Å². The van der Waals surface area contributed by atoms with Gasteiger partial charge in [0.2, 0.25) is 0 Å². The van der Waals surface area contributed by atoms with E-state index in [-0.39, 0.29) is 6.61 Å². The molecule has 4 atom stereocenters. The molecule has 0 amide bonds. The maximum atomic E-state index is 10.1. The van der Waals surface area contributed by atoms with E-state index in [0.29, 0.717) is 6.61 Å². The monoisotopic (exact) mass is 414 g/mol. The molecule has 1 heterocycles. The number of hydrogen-bond donors (Lipinski definition) is 3. The first-order chi connectivity index (χ1) is 14.2. The summed E-state index contributed by atoms with van der Waals surface area (Å²) in [4.78, 5) is 0. The Morgan fingerprint density at radius 3 is 2.03 bits per heavy atom. The Morgan fingerprint density at radius 2 is 1.45 bits per heavy atom. The highest BCUT2D eigenvalue weighted by Gasteiger charge is 2.40. The van der Waals surface area contributed by atoms with Crippen LogP contribution in [0.1, 0.15) is 96.8 Å². The van der Waals surface area contributed by atoms with Crippen molar-refractivity contribution in [3.63, 3.8) is 0 Å². The maximum Gasteiger partial charge on any atom is 0.114 e. The van der Waals surface area contributed by atoms with Gasteiger partial charge in [-0.15, -0.1) is 0 Å². The summed E-state index contributed by atoms with van der Waals surface area (Å²) in [5.74, 6) is 0. The molecule has 172 valence electrons. The van der Waals surface area contributed by atoms with Gasteiger partial charge in [-0.25, -0.2) is 0 Å². The first kappa shape index (κ1) is 26.6. The molecule has 0 unspecified atom stereocenters. The summed E-state index contributed by atoms with van der Waals surface area (Å²) in [6.07, 6.45) is 19.5. The Labute approximate surface area is 178 Å². The number of aliphatic hydroxyl groups is 3. The van der Waals surface area contributed by atoms with Crippen LogP contribution in [0.25, 0.3) is 0 Å². The minimum atomic E-state index is -1.05. The van der Waals surface area contributed by atoms with Crippen LogP contribution in [-0.2, 0) is 9.47 Å². The summed E-state index contributed by atoms with van der Waals surface area (Å²) in [7, 11) is 0. The average Bonchev–Trinajstić information content (AvgIpc) is 3.10. The van der Waals surface area contributed by atoms with Crippen LogP contribution in [0.2, 0.25) is 0 Å². The Hall–Kier alpha value is -0.460. The molecule has 0 aromatic rings. The highest BCUT2D eigenvalue weighted by Crippen LogP contribution is 2.20. The van der Waals surface area contributed by atoms with Gasteiger partial charge in [0.1, 0.15) is 24.4 Å². The second kappa shape index (κ2) is 18.3. The van der Waals surface area contributed by atoms with Crippen LogP contribution in [0.5, 0.6) is 0 Å². The molecule has 1 aliphatic heterocycles. The highest BCUT2D eigenvalue weighted by molar-refractivity contribution is 4.88. The number of aliphatic hydroxyl groups excluding tert-OH is 3. The van der Waals surface area contributed by atoms with E-state index in [1.807, 2.05) is 0 Å². The molecule has 29 heavy (non-hydrogen) atoms.